The molecule has 3 atom stereocenters. The molecule has 2 heterocycles. The summed E-state index contributed by atoms with van der Waals surface area (Å²) in [5.74, 6) is -0.623. The van der Waals surface area contributed by atoms with Crippen LogP contribution in [0.3, 0.4) is 0 Å². The van der Waals surface area contributed by atoms with Crippen molar-refractivity contribution in [2.75, 3.05) is 32.9 Å². The lowest BCUT2D eigenvalue weighted by atomic mass is 9.94. The zero-order chi connectivity index (χ0) is 16.2. The molecule has 1 aliphatic carbocycles. The average Bonchev–Trinajstić information content (AvgIpc) is 3.24. The molecule has 0 aromatic carbocycles. The van der Waals surface area contributed by atoms with Gasteiger partial charge in [0.1, 0.15) is 0 Å². The Hall–Kier alpha value is -1.27. The number of nitrogens with zero attached hydrogens (tertiary/aromatic N) is 1. The lowest BCUT2D eigenvalue weighted by molar-refractivity contribution is -0.154. The highest BCUT2D eigenvalue weighted by molar-refractivity contribution is 8.22. The second-order valence-corrected chi connectivity index (χ2v) is 8.38. The van der Waals surface area contributed by atoms with Crippen LogP contribution in [0.4, 0.5) is 0 Å². The Bertz CT molecular complexity index is 501. The largest absolute Gasteiger partial charge is 0.466 e. The van der Waals surface area contributed by atoms with Crippen LogP contribution in [-0.2, 0) is 19.1 Å². The van der Waals surface area contributed by atoms with Crippen LogP contribution in [0.25, 0.3) is 0 Å². The average molecular weight is 339 g/mol. The summed E-state index contributed by atoms with van der Waals surface area (Å²) in [6, 6.07) is 0. The van der Waals surface area contributed by atoms with E-state index >= 15 is 0 Å². The quantitative estimate of drug-likeness (QED) is 0.627. The maximum Gasteiger partial charge on any atom is 0.309 e. The molecule has 0 aromatic heterocycles. The molecule has 3 unspecified atom stereocenters. The highest BCUT2D eigenvalue weighted by Gasteiger charge is 2.46. The fraction of sp³-hybridized carbons (Fsp3) is 0.647. The fourth-order valence-corrected chi connectivity index (χ4v) is 5.77. The van der Waals surface area contributed by atoms with Crippen molar-refractivity contribution in [2.24, 2.45) is 11.8 Å². The topological polar surface area (TPSA) is 55.8 Å². The van der Waals surface area contributed by atoms with Crippen molar-refractivity contribution in [1.82, 2.24) is 4.90 Å². The van der Waals surface area contributed by atoms with E-state index in [2.05, 4.69) is 23.0 Å². The van der Waals surface area contributed by atoms with Crippen LogP contribution in [0.2, 0.25) is 0 Å². The Morgan fingerprint density at radius 3 is 2.48 bits per heavy atom. The summed E-state index contributed by atoms with van der Waals surface area (Å²) in [6.45, 7) is 4.62. The van der Waals surface area contributed by atoms with Gasteiger partial charge in [0, 0.05) is 13.1 Å². The van der Waals surface area contributed by atoms with E-state index in [-0.39, 0.29) is 34.6 Å². The minimum atomic E-state index is -0.340. The molecular formula is C17H25NO4S. The third kappa shape index (κ3) is 3.63. The van der Waals surface area contributed by atoms with Crippen molar-refractivity contribution in [3.8, 4) is 0 Å². The van der Waals surface area contributed by atoms with E-state index in [4.69, 9.17) is 9.47 Å². The van der Waals surface area contributed by atoms with Gasteiger partial charge in [0.2, 0.25) is 5.91 Å². The van der Waals surface area contributed by atoms with Crippen molar-refractivity contribution in [2.45, 2.75) is 25.0 Å². The number of thiol groups is 1. The van der Waals surface area contributed by atoms with Gasteiger partial charge in [-0.2, -0.15) is 0 Å². The van der Waals surface area contributed by atoms with E-state index in [0.29, 0.717) is 38.2 Å². The third-order valence-corrected chi connectivity index (χ3v) is 7.11. The van der Waals surface area contributed by atoms with E-state index in [0.717, 1.165) is 12.8 Å². The van der Waals surface area contributed by atoms with Crippen LogP contribution in [0.1, 0.15) is 19.8 Å². The van der Waals surface area contributed by atoms with Gasteiger partial charge in [0.25, 0.3) is 0 Å². The summed E-state index contributed by atoms with van der Waals surface area (Å²) >= 11 is 0. The fourth-order valence-electron chi connectivity index (χ4n) is 3.65. The van der Waals surface area contributed by atoms with Gasteiger partial charge in [-0.25, -0.2) is 10.9 Å². The van der Waals surface area contributed by atoms with Crippen molar-refractivity contribution < 1.29 is 19.1 Å². The summed E-state index contributed by atoms with van der Waals surface area (Å²) < 4.78 is 10.6. The molecule has 2 aliphatic heterocycles. The first-order valence-corrected chi connectivity index (χ1v) is 9.91. The van der Waals surface area contributed by atoms with Crippen molar-refractivity contribution >= 4 is 22.8 Å². The maximum absolute atomic E-state index is 12.9. The highest BCUT2D eigenvalue weighted by atomic mass is 32.2. The van der Waals surface area contributed by atoms with Gasteiger partial charge >= 0.3 is 5.97 Å². The number of carbonyl (C=O) groups is 2. The molecule has 3 aliphatic rings. The number of hydrogen-bond acceptors (Lipinski definition) is 4. The second-order valence-electron chi connectivity index (χ2n) is 6.16. The number of ether oxygens (including phenoxy) is 2. The van der Waals surface area contributed by atoms with Gasteiger partial charge in [0.05, 0.1) is 31.7 Å². The Balaban J connectivity index is 1.73. The van der Waals surface area contributed by atoms with Crippen LogP contribution in [0, 0.1) is 11.8 Å². The minimum absolute atomic E-state index is 0.107. The third-order valence-electron chi connectivity index (χ3n) is 4.82. The van der Waals surface area contributed by atoms with Gasteiger partial charge in [-0.3, -0.25) is 9.59 Å². The molecule has 2 fully saturated rings. The number of allylic oxidation sites excluding steroid dienone is 2. The lowest BCUT2D eigenvalue weighted by Crippen LogP contribution is -2.45. The van der Waals surface area contributed by atoms with Crippen LogP contribution in [-0.4, -0.2) is 54.9 Å². The Morgan fingerprint density at radius 2 is 1.83 bits per heavy atom. The number of morpholine rings is 1. The second kappa shape index (κ2) is 7.53. The monoisotopic (exact) mass is 339 g/mol. The number of amides is 1. The molecular weight excluding hydrogens is 314 g/mol. The molecule has 0 N–H and O–H groups in total. The molecule has 0 spiro atoms. The molecule has 1 saturated heterocycles. The zero-order valence-corrected chi connectivity index (χ0v) is 14.4. The summed E-state index contributed by atoms with van der Waals surface area (Å²) in [4.78, 5) is 27.1. The molecule has 1 amide bonds. The van der Waals surface area contributed by atoms with Crippen LogP contribution < -0.4 is 0 Å². The minimum Gasteiger partial charge on any atom is -0.466 e. The van der Waals surface area contributed by atoms with Crippen LogP contribution in [0.15, 0.2) is 23.0 Å². The summed E-state index contributed by atoms with van der Waals surface area (Å²) in [6.07, 6.45) is 5.70. The standard InChI is InChI=1S/C17H25NO4S/c1-2-22-17(20)15-12-13(23-9-3-4-10-23)11-14(15)16(19)18-5-7-21-8-6-18/h3-4,9-10,13-15,23H,2,5-8,11-12H2,1H3. The van der Waals surface area contributed by atoms with E-state index in [1.54, 1.807) is 0 Å². The summed E-state index contributed by atoms with van der Waals surface area (Å²) in [5.41, 5.74) is 0. The van der Waals surface area contributed by atoms with E-state index in [9.17, 15) is 9.59 Å². The van der Waals surface area contributed by atoms with Crippen molar-refractivity contribution in [3.63, 3.8) is 0 Å². The van der Waals surface area contributed by atoms with E-state index < -0.39 is 0 Å². The van der Waals surface area contributed by atoms with Crippen molar-refractivity contribution in [3.05, 3.63) is 23.0 Å². The number of hydrogen-bond donors (Lipinski definition) is 1. The summed E-state index contributed by atoms with van der Waals surface area (Å²) in [7, 11) is -0.340. The summed E-state index contributed by atoms with van der Waals surface area (Å²) in [5, 5.41) is 4.86. The molecule has 0 radical (unpaired) electrons. The molecule has 0 aromatic rings. The lowest BCUT2D eigenvalue weighted by Gasteiger charge is -2.30. The Kier molecular flexibility index (Phi) is 5.43. The molecule has 3 rings (SSSR count). The number of carbonyl (C=O) groups excluding carboxylic acids is 2. The predicted octanol–water partition coefficient (Wildman–Crippen LogP) is 1.85. The zero-order valence-electron chi connectivity index (χ0n) is 13.5. The van der Waals surface area contributed by atoms with Gasteiger partial charge in [-0.1, -0.05) is 12.2 Å². The number of rotatable bonds is 4. The molecule has 6 heteroatoms. The highest BCUT2D eigenvalue weighted by Crippen LogP contribution is 2.50. The first kappa shape index (κ1) is 16.6. The normalized spacial score (nSPS) is 31.6. The van der Waals surface area contributed by atoms with Gasteiger partial charge in [-0.15, -0.1) is 0 Å². The van der Waals surface area contributed by atoms with E-state index in [1.807, 2.05) is 11.8 Å². The van der Waals surface area contributed by atoms with Crippen LogP contribution in [0.5, 0.6) is 0 Å². The smallest absolute Gasteiger partial charge is 0.309 e. The molecule has 5 nitrogen and oxygen atoms in total. The first-order valence-electron chi connectivity index (χ1n) is 8.36. The Morgan fingerprint density at radius 1 is 1.17 bits per heavy atom. The molecule has 23 heavy (non-hydrogen) atoms. The van der Waals surface area contributed by atoms with Gasteiger partial charge in [0.15, 0.2) is 0 Å². The van der Waals surface area contributed by atoms with Gasteiger partial charge < -0.3 is 14.4 Å². The van der Waals surface area contributed by atoms with Crippen molar-refractivity contribution in [1.29, 1.82) is 0 Å². The molecule has 0 bridgehead atoms. The van der Waals surface area contributed by atoms with E-state index in [1.165, 1.54) is 0 Å². The predicted molar refractivity (Wildman–Crippen MR) is 91.3 cm³/mol. The SMILES string of the molecule is CCOC(=O)C1CC([SH]2C=CC=C2)CC1C(=O)N1CCOCC1. The molecule has 128 valence electrons. The Labute approximate surface area is 140 Å². The first-order chi connectivity index (χ1) is 11.2. The number of esters is 1. The van der Waals surface area contributed by atoms with Crippen LogP contribution >= 0.6 is 10.9 Å². The maximum atomic E-state index is 12.9. The van der Waals surface area contributed by atoms with Gasteiger partial charge in [-0.05, 0) is 35.8 Å². The molecule has 1 saturated carbocycles.